The third-order valence-corrected chi connectivity index (χ3v) is 5.41. The van der Waals surface area contributed by atoms with Gasteiger partial charge in [0.25, 0.3) is 5.56 Å². The summed E-state index contributed by atoms with van der Waals surface area (Å²) in [5.74, 6) is 2.45. The number of aromatic nitrogens is 2. The molecule has 1 aromatic carbocycles. The van der Waals surface area contributed by atoms with Gasteiger partial charge >= 0.3 is 0 Å². The van der Waals surface area contributed by atoms with E-state index in [9.17, 15) is 9.59 Å². The number of rotatable bonds is 9. The van der Waals surface area contributed by atoms with Gasteiger partial charge in [-0.2, -0.15) is 11.8 Å². The van der Waals surface area contributed by atoms with Gasteiger partial charge in [0.15, 0.2) is 0 Å². The number of amides is 1. The second-order valence-corrected chi connectivity index (χ2v) is 7.95. The monoisotopic (exact) mass is 376 g/mol. The van der Waals surface area contributed by atoms with Crippen LogP contribution < -0.4 is 11.3 Å². The van der Waals surface area contributed by atoms with Crippen molar-refractivity contribution in [2.45, 2.75) is 38.5 Å². The summed E-state index contributed by atoms with van der Waals surface area (Å²) in [5, 5.41) is 0.595. The predicted molar refractivity (Wildman–Crippen MR) is 108 cm³/mol. The summed E-state index contributed by atoms with van der Waals surface area (Å²) in [4.78, 5) is 33.2. The number of aromatic amines is 1. The number of fused-ring (bicyclic) bond motifs is 1. The molecule has 1 aromatic heterocycles. The second-order valence-electron chi connectivity index (χ2n) is 6.84. The molecule has 142 valence electrons. The number of nitrogens with one attached hydrogen (secondary N) is 1. The maximum Gasteiger partial charge on any atom is 0.258 e. The van der Waals surface area contributed by atoms with Crippen molar-refractivity contribution in [1.82, 2.24) is 14.9 Å². The quantitative estimate of drug-likeness (QED) is 0.656. The fourth-order valence-electron chi connectivity index (χ4n) is 2.52. The van der Waals surface area contributed by atoms with E-state index in [4.69, 9.17) is 5.73 Å². The molecule has 7 heteroatoms. The minimum atomic E-state index is -0.122. The molecular weight excluding hydrogens is 348 g/mol. The van der Waals surface area contributed by atoms with Crippen molar-refractivity contribution in [3.05, 3.63) is 40.4 Å². The van der Waals surface area contributed by atoms with Crippen LogP contribution in [0.5, 0.6) is 0 Å². The van der Waals surface area contributed by atoms with E-state index in [0.29, 0.717) is 47.1 Å². The molecule has 0 aliphatic carbocycles. The third kappa shape index (κ3) is 5.85. The minimum Gasteiger partial charge on any atom is -0.346 e. The molecule has 0 spiro atoms. The Balaban J connectivity index is 1.76. The minimum absolute atomic E-state index is 0.119. The highest BCUT2D eigenvalue weighted by Crippen LogP contribution is 2.13. The molecule has 1 amide bonds. The molecule has 1 unspecified atom stereocenters. The standard InChI is InChI=1S/C19H28N4O2S/c1-13(2)15(20)8-10-23(3)18(24)9-11-26-12-17-21-16-7-5-4-6-14(16)19(25)22-17/h4-7,13,15H,8-12,20H2,1-3H3,(H,21,22,25). The summed E-state index contributed by atoms with van der Waals surface area (Å²) in [5.41, 5.74) is 6.60. The van der Waals surface area contributed by atoms with Crippen molar-refractivity contribution in [3.8, 4) is 0 Å². The predicted octanol–water partition coefficient (Wildman–Crippen LogP) is 2.38. The second kappa shape index (κ2) is 9.73. The van der Waals surface area contributed by atoms with Gasteiger partial charge in [-0.15, -0.1) is 0 Å². The van der Waals surface area contributed by atoms with Crippen molar-refractivity contribution in [2.75, 3.05) is 19.3 Å². The van der Waals surface area contributed by atoms with Gasteiger partial charge in [-0.25, -0.2) is 4.98 Å². The van der Waals surface area contributed by atoms with Gasteiger partial charge in [-0.05, 0) is 24.5 Å². The van der Waals surface area contributed by atoms with E-state index >= 15 is 0 Å². The van der Waals surface area contributed by atoms with Crippen LogP contribution in [0.3, 0.4) is 0 Å². The number of benzene rings is 1. The highest BCUT2D eigenvalue weighted by molar-refractivity contribution is 7.98. The molecule has 6 nitrogen and oxygen atoms in total. The summed E-state index contributed by atoms with van der Waals surface area (Å²) >= 11 is 1.59. The number of carbonyl (C=O) groups excluding carboxylic acids is 1. The lowest BCUT2D eigenvalue weighted by Crippen LogP contribution is -2.34. The van der Waals surface area contributed by atoms with E-state index in [1.807, 2.05) is 25.2 Å². The van der Waals surface area contributed by atoms with Gasteiger partial charge in [-0.1, -0.05) is 26.0 Å². The van der Waals surface area contributed by atoms with Crippen molar-refractivity contribution >= 4 is 28.6 Å². The zero-order chi connectivity index (χ0) is 19.1. The molecule has 2 aromatic rings. The molecule has 26 heavy (non-hydrogen) atoms. The molecule has 1 atom stereocenters. The van der Waals surface area contributed by atoms with Crippen LogP contribution in [-0.2, 0) is 10.5 Å². The van der Waals surface area contributed by atoms with Crippen molar-refractivity contribution in [3.63, 3.8) is 0 Å². The zero-order valence-electron chi connectivity index (χ0n) is 15.7. The molecule has 0 bridgehead atoms. The molecule has 0 aliphatic heterocycles. The van der Waals surface area contributed by atoms with Gasteiger partial charge < -0.3 is 15.6 Å². The van der Waals surface area contributed by atoms with E-state index < -0.39 is 0 Å². The van der Waals surface area contributed by atoms with E-state index in [2.05, 4.69) is 23.8 Å². The van der Waals surface area contributed by atoms with Crippen LogP contribution in [0.2, 0.25) is 0 Å². The number of para-hydroxylation sites is 1. The Hall–Kier alpha value is -1.86. The molecule has 0 aliphatic rings. The van der Waals surface area contributed by atoms with Gasteiger partial charge in [0.1, 0.15) is 5.82 Å². The zero-order valence-corrected chi connectivity index (χ0v) is 16.5. The highest BCUT2D eigenvalue weighted by Gasteiger charge is 2.13. The summed E-state index contributed by atoms with van der Waals surface area (Å²) < 4.78 is 0. The van der Waals surface area contributed by atoms with Gasteiger partial charge in [0.2, 0.25) is 5.91 Å². The van der Waals surface area contributed by atoms with Crippen LogP contribution in [0.1, 0.15) is 32.5 Å². The third-order valence-electron chi connectivity index (χ3n) is 4.44. The first-order valence-corrected chi connectivity index (χ1v) is 10.1. The fraction of sp³-hybridized carbons (Fsp3) is 0.526. The lowest BCUT2D eigenvalue weighted by Gasteiger charge is -2.21. The summed E-state index contributed by atoms with van der Waals surface area (Å²) in [6.45, 7) is 4.87. The topological polar surface area (TPSA) is 92.1 Å². The van der Waals surface area contributed by atoms with Crippen LogP contribution in [-0.4, -0.2) is 46.2 Å². The SMILES string of the molecule is CC(C)C(N)CCN(C)C(=O)CCSCc1nc2ccccc2c(=O)[nH]1. The molecule has 1 heterocycles. The van der Waals surface area contributed by atoms with Gasteiger partial charge in [0, 0.05) is 31.8 Å². The van der Waals surface area contributed by atoms with Crippen molar-refractivity contribution in [1.29, 1.82) is 0 Å². The highest BCUT2D eigenvalue weighted by atomic mass is 32.2. The normalized spacial score (nSPS) is 12.5. The van der Waals surface area contributed by atoms with E-state index in [0.717, 1.165) is 6.42 Å². The number of carbonyl (C=O) groups is 1. The molecule has 3 N–H and O–H groups in total. The molecule has 0 radical (unpaired) electrons. The van der Waals surface area contributed by atoms with Crippen LogP contribution in [0.25, 0.3) is 10.9 Å². The lowest BCUT2D eigenvalue weighted by atomic mass is 10.0. The van der Waals surface area contributed by atoms with Gasteiger partial charge in [-0.3, -0.25) is 9.59 Å². The number of nitrogens with two attached hydrogens (primary N) is 1. The first-order valence-electron chi connectivity index (χ1n) is 8.93. The Morgan fingerprint density at radius 1 is 1.35 bits per heavy atom. The molecular formula is C19H28N4O2S. The smallest absolute Gasteiger partial charge is 0.258 e. The summed E-state index contributed by atoms with van der Waals surface area (Å²) in [7, 11) is 1.82. The Morgan fingerprint density at radius 3 is 2.81 bits per heavy atom. The number of thioether (sulfide) groups is 1. The van der Waals surface area contributed by atoms with Crippen LogP contribution in [0.15, 0.2) is 29.1 Å². The van der Waals surface area contributed by atoms with Gasteiger partial charge in [0.05, 0.1) is 16.7 Å². The molecule has 2 rings (SSSR count). The average molecular weight is 377 g/mol. The number of hydrogen-bond acceptors (Lipinski definition) is 5. The van der Waals surface area contributed by atoms with Crippen molar-refractivity contribution < 1.29 is 4.79 Å². The number of H-pyrrole nitrogens is 1. The largest absolute Gasteiger partial charge is 0.346 e. The Kier molecular flexibility index (Phi) is 7.66. The van der Waals surface area contributed by atoms with Crippen molar-refractivity contribution in [2.24, 2.45) is 11.7 Å². The lowest BCUT2D eigenvalue weighted by molar-refractivity contribution is -0.129. The molecule has 0 saturated carbocycles. The maximum atomic E-state index is 12.2. The van der Waals surface area contributed by atoms with E-state index in [-0.39, 0.29) is 17.5 Å². The van der Waals surface area contributed by atoms with E-state index in [1.165, 1.54) is 0 Å². The number of nitrogens with zero attached hydrogens (tertiary/aromatic N) is 2. The first-order chi connectivity index (χ1) is 12.4. The van der Waals surface area contributed by atoms with Crippen LogP contribution in [0.4, 0.5) is 0 Å². The van der Waals surface area contributed by atoms with Crippen LogP contribution in [0, 0.1) is 5.92 Å². The first kappa shape index (κ1) is 20.5. The summed E-state index contributed by atoms with van der Waals surface area (Å²) in [6.07, 6.45) is 1.28. The molecule has 0 fully saturated rings. The average Bonchev–Trinajstić information content (AvgIpc) is 2.62. The molecule has 0 saturated heterocycles. The summed E-state index contributed by atoms with van der Waals surface area (Å²) in [6, 6.07) is 7.40. The Morgan fingerprint density at radius 2 is 2.08 bits per heavy atom. The maximum absolute atomic E-state index is 12.2. The Labute approximate surface area is 158 Å². The fourth-order valence-corrected chi connectivity index (χ4v) is 3.32. The van der Waals surface area contributed by atoms with Crippen LogP contribution >= 0.6 is 11.8 Å². The Bertz CT molecular complexity index is 790. The van der Waals surface area contributed by atoms with E-state index in [1.54, 1.807) is 22.7 Å². The number of hydrogen-bond donors (Lipinski definition) is 2.